The quantitative estimate of drug-likeness (QED) is 0.685. The van der Waals surface area contributed by atoms with Crippen molar-refractivity contribution in [2.45, 2.75) is 32.2 Å². The van der Waals surface area contributed by atoms with Crippen molar-refractivity contribution in [2.24, 2.45) is 5.73 Å². The summed E-state index contributed by atoms with van der Waals surface area (Å²) >= 11 is 0. The molecule has 1 heterocycles. The molecular weight excluding hydrogens is 318 g/mol. The van der Waals surface area contributed by atoms with Gasteiger partial charge in [0.2, 0.25) is 5.91 Å². The minimum atomic E-state index is -0.334. The number of nitrogens with two attached hydrogens (primary N) is 1. The van der Waals surface area contributed by atoms with E-state index in [4.69, 9.17) is 10.2 Å². The maximum atomic E-state index is 11.8. The smallest absolute Gasteiger partial charge is 0.286 e. The number of carbonyl (C=O) groups is 2. The second-order valence-electron chi connectivity index (χ2n) is 6.22. The summed E-state index contributed by atoms with van der Waals surface area (Å²) in [6, 6.07) is 11.1. The molecule has 0 aliphatic carbocycles. The molecule has 1 unspecified atom stereocenters. The maximum Gasteiger partial charge on any atom is 0.286 e. The van der Waals surface area contributed by atoms with Gasteiger partial charge in [0.05, 0.1) is 6.26 Å². The van der Waals surface area contributed by atoms with Gasteiger partial charge in [0.25, 0.3) is 5.91 Å². The summed E-state index contributed by atoms with van der Waals surface area (Å²) in [5, 5.41) is 5.42. The number of rotatable bonds is 8. The molecule has 2 aromatic rings. The number of hydrogen-bond acceptors (Lipinski definition) is 4. The van der Waals surface area contributed by atoms with E-state index in [9.17, 15) is 9.59 Å². The SMILES string of the molecule is CC(C)c1ccc(C(N)CNC(=O)CCNC(=O)c2ccco2)cc1. The molecule has 0 spiro atoms. The van der Waals surface area contributed by atoms with Crippen LogP contribution in [0.15, 0.2) is 47.1 Å². The van der Waals surface area contributed by atoms with Crippen molar-refractivity contribution in [3.8, 4) is 0 Å². The Morgan fingerprint density at radius 1 is 1.08 bits per heavy atom. The molecule has 0 aliphatic heterocycles. The third-order valence-electron chi connectivity index (χ3n) is 3.93. The van der Waals surface area contributed by atoms with Crippen LogP contribution >= 0.6 is 0 Å². The number of furan rings is 1. The lowest BCUT2D eigenvalue weighted by molar-refractivity contribution is -0.121. The topological polar surface area (TPSA) is 97.4 Å². The van der Waals surface area contributed by atoms with Crippen LogP contribution < -0.4 is 16.4 Å². The van der Waals surface area contributed by atoms with Gasteiger partial charge in [0.1, 0.15) is 0 Å². The highest BCUT2D eigenvalue weighted by Crippen LogP contribution is 2.17. The van der Waals surface area contributed by atoms with Gasteiger partial charge in [-0.3, -0.25) is 9.59 Å². The largest absolute Gasteiger partial charge is 0.459 e. The predicted molar refractivity (Wildman–Crippen MR) is 96.1 cm³/mol. The van der Waals surface area contributed by atoms with Crippen molar-refractivity contribution in [3.05, 3.63) is 59.5 Å². The minimum Gasteiger partial charge on any atom is -0.459 e. The van der Waals surface area contributed by atoms with E-state index >= 15 is 0 Å². The van der Waals surface area contributed by atoms with E-state index in [0.29, 0.717) is 12.5 Å². The van der Waals surface area contributed by atoms with Crippen LogP contribution in [0.2, 0.25) is 0 Å². The molecule has 4 N–H and O–H groups in total. The molecule has 6 heteroatoms. The van der Waals surface area contributed by atoms with Crippen molar-refractivity contribution in [1.82, 2.24) is 10.6 Å². The van der Waals surface area contributed by atoms with Gasteiger partial charge in [-0.2, -0.15) is 0 Å². The van der Waals surface area contributed by atoms with Gasteiger partial charge in [0, 0.05) is 25.6 Å². The fraction of sp³-hybridized carbons (Fsp3) is 0.368. The van der Waals surface area contributed by atoms with Crippen LogP contribution in [0.5, 0.6) is 0 Å². The van der Waals surface area contributed by atoms with Crippen LogP contribution in [0.3, 0.4) is 0 Å². The van der Waals surface area contributed by atoms with Gasteiger partial charge in [-0.05, 0) is 29.2 Å². The summed E-state index contributed by atoms with van der Waals surface area (Å²) in [6.07, 6.45) is 1.61. The molecule has 134 valence electrons. The Kier molecular flexibility index (Phi) is 6.77. The highest BCUT2D eigenvalue weighted by Gasteiger charge is 2.11. The lowest BCUT2D eigenvalue weighted by atomic mass is 9.99. The van der Waals surface area contributed by atoms with Crippen molar-refractivity contribution in [2.75, 3.05) is 13.1 Å². The molecule has 2 amide bonds. The van der Waals surface area contributed by atoms with Crippen LogP contribution in [0, 0.1) is 0 Å². The molecule has 2 rings (SSSR count). The van der Waals surface area contributed by atoms with Gasteiger partial charge in [-0.1, -0.05) is 38.1 Å². The predicted octanol–water partition coefficient (Wildman–Crippen LogP) is 2.34. The summed E-state index contributed by atoms with van der Waals surface area (Å²) in [5.41, 5.74) is 8.35. The monoisotopic (exact) mass is 343 g/mol. The zero-order valence-electron chi connectivity index (χ0n) is 14.6. The van der Waals surface area contributed by atoms with Gasteiger partial charge < -0.3 is 20.8 Å². The van der Waals surface area contributed by atoms with Crippen molar-refractivity contribution < 1.29 is 14.0 Å². The van der Waals surface area contributed by atoms with Crippen molar-refractivity contribution in [3.63, 3.8) is 0 Å². The average molecular weight is 343 g/mol. The summed E-state index contributed by atoms with van der Waals surface area (Å²) in [5.74, 6) is 0.211. The van der Waals surface area contributed by atoms with Gasteiger partial charge in [-0.15, -0.1) is 0 Å². The second-order valence-corrected chi connectivity index (χ2v) is 6.22. The zero-order valence-corrected chi connectivity index (χ0v) is 14.6. The Balaban J connectivity index is 1.69. The number of nitrogens with one attached hydrogen (secondary N) is 2. The van der Waals surface area contributed by atoms with Crippen LogP contribution in [0.25, 0.3) is 0 Å². The fourth-order valence-corrected chi connectivity index (χ4v) is 2.34. The van der Waals surface area contributed by atoms with E-state index in [2.05, 4.69) is 36.6 Å². The average Bonchev–Trinajstić information content (AvgIpc) is 3.14. The normalized spacial score (nSPS) is 12.0. The van der Waals surface area contributed by atoms with E-state index in [0.717, 1.165) is 5.56 Å². The first-order valence-electron chi connectivity index (χ1n) is 8.41. The van der Waals surface area contributed by atoms with Crippen LogP contribution in [0.1, 0.15) is 53.9 Å². The molecular formula is C19H25N3O3. The fourth-order valence-electron chi connectivity index (χ4n) is 2.34. The van der Waals surface area contributed by atoms with E-state index in [1.807, 2.05) is 12.1 Å². The molecule has 0 aliphatic rings. The van der Waals surface area contributed by atoms with E-state index in [1.54, 1.807) is 12.1 Å². The molecule has 0 bridgehead atoms. The minimum absolute atomic E-state index is 0.158. The van der Waals surface area contributed by atoms with Crippen molar-refractivity contribution >= 4 is 11.8 Å². The molecule has 1 aromatic heterocycles. The summed E-state index contributed by atoms with van der Waals surface area (Å²) in [6.45, 7) is 4.87. The van der Waals surface area contributed by atoms with Crippen LogP contribution in [0.4, 0.5) is 0 Å². The number of carbonyl (C=O) groups excluding carboxylic acids is 2. The standard InChI is InChI=1S/C19H25N3O3/c1-13(2)14-5-7-15(8-6-14)16(20)12-22-18(23)9-10-21-19(24)17-4-3-11-25-17/h3-8,11,13,16H,9-10,12,20H2,1-2H3,(H,21,24)(H,22,23). The maximum absolute atomic E-state index is 11.8. The molecule has 0 radical (unpaired) electrons. The van der Waals surface area contributed by atoms with Gasteiger partial charge in [0.15, 0.2) is 5.76 Å². The first-order valence-corrected chi connectivity index (χ1v) is 8.41. The van der Waals surface area contributed by atoms with E-state index in [1.165, 1.54) is 11.8 Å². The molecule has 6 nitrogen and oxygen atoms in total. The summed E-state index contributed by atoms with van der Waals surface area (Å²) in [4.78, 5) is 23.5. The number of amides is 2. The molecule has 25 heavy (non-hydrogen) atoms. The molecule has 0 saturated heterocycles. The number of hydrogen-bond donors (Lipinski definition) is 3. The first kappa shape index (κ1) is 18.7. The molecule has 0 saturated carbocycles. The number of benzene rings is 1. The van der Waals surface area contributed by atoms with E-state index < -0.39 is 0 Å². The Hall–Kier alpha value is -2.60. The van der Waals surface area contributed by atoms with Crippen molar-refractivity contribution in [1.29, 1.82) is 0 Å². The zero-order chi connectivity index (χ0) is 18.2. The first-order chi connectivity index (χ1) is 12.0. The summed E-state index contributed by atoms with van der Waals surface area (Å²) in [7, 11) is 0. The Morgan fingerprint density at radius 2 is 1.76 bits per heavy atom. The molecule has 0 fully saturated rings. The van der Waals surface area contributed by atoms with E-state index in [-0.39, 0.29) is 36.6 Å². The molecule has 1 aromatic carbocycles. The van der Waals surface area contributed by atoms with Gasteiger partial charge >= 0.3 is 0 Å². The molecule has 1 atom stereocenters. The highest BCUT2D eigenvalue weighted by atomic mass is 16.3. The summed E-state index contributed by atoms with van der Waals surface area (Å²) < 4.78 is 4.97. The van der Waals surface area contributed by atoms with Crippen LogP contribution in [-0.4, -0.2) is 24.9 Å². The van der Waals surface area contributed by atoms with Gasteiger partial charge in [-0.25, -0.2) is 0 Å². The second kappa shape index (κ2) is 9.03. The Morgan fingerprint density at radius 3 is 2.36 bits per heavy atom. The van der Waals surface area contributed by atoms with Crippen LogP contribution in [-0.2, 0) is 4.79 Å². The Labute approximate surface area is 147 Å². The Bertz CT molecular complexity index is 678. The highest BCUT2D eigenvalue weighted by molar-refractivity contribution is 5.91. The lowest BCUT2D eigenvalue weighted by Crippen LogP contribution is -2.34. The lowest BCUT2D eigenvalue weighted by Gasteiger charge is -2.14. The third-order valence-corrected chi connectivity index (χ3v) is 3.93. The third kappa shape index (κ3) is 5.76.